The molecule has 2 rings (SSSR count). The maximum Gasteiger partial charge on any atom is 0.329 e. The minimum atomic E-state index is -0.853. The molecule has 2 N–H and O–H groups in total. The van der Waals surface area contributed by atoms with Gasteiger partial charge in [0.2, 0.25) is 0 Å². The van der Waals surface area contributed by atoms with E-state index in [4.69, 9.17) is 4.74 Å². The Labute approximate surface area is 139 Å². The number of hydrogen-bond acceptors (Lipinski definition) is 4. The summed E-state index contributed by atoms with van der Waals surface area (Å²) in [7, 11) is 0. The molecule has 0 atom stereocenters. The second kappa shape index (κ2) is 8.89. The van der Waals surface area contributed by atoms with E-state index in [0.717, 1.165) is 5.56 Å². The maximum atomic E-state index is 11.8. The number of ether oxygens (including phenoxy) is 1. The highest BCUT2D eigenvalue weighted by Crippen LogP contribution is 2.15. The maximum absolute atomic E-state index is 11.8. The Morgan fingerprint density at radius 3 is 2.42 bits per heavy atom. The van der Waals surface area contributed by atoms with Gasteiger partial charge in [0.05, 0.1) is 6.21 Å². The molecule has 0 aliphatic rings. The molecule has 0 saturated heterocycles. The minimum absolute atomic E-state index is 0.396. The van der Waals surface area contributed by atoms with Gasteiger partial charge in [-0.05, 0) is 29.8 Å². The quantitative estimate of drug-likeness (QED) is 0.371. The van der Waals surface area contributed by atoms with Crippen molar-refractivity contribution in [2.24, 2.45) is 5.10 Å². The molecule has 2 aromatic rings. The first-order valence-electron chi connectivity index (χ1n) is 7.22. The van der Waals surface area contributed by atoms with Crippen LogP contribution in [0.1, 0.15) is 5.56 Å². The van der Waals surface area contributed by atoms with Crippen LogP contribution in [0.15, 0.2) is 72.4 Å². The molecule has 2 amide bonds. The van der Waals surface area contributed by atoms with Crippen molar-refractivity contribution in [2.45, 2.75) is 0 Å². The van der Waals surface area contributed by atoms with Crippen LogP contribution in [0.5, 0.6) is 5.75 Å². The minimum Gasteiger partial charge on any atom is -0.490 e. The second-order valence-electron chi connectivity index (χ2n) is 4.69. The van der Waals surface area contributed by atoms with Crippen LogP contribution in [-0.4, -0.2) is 24.6 Å². The SMILES string of the molecule is C=CCOc1ccc(NC(=O)C(=O)N/N=C\c2ccccc2)cc1. The standard InChI is InChI=1S/C18H17N3O3/c1-2-12-24-16-10-8-15(9-11-16)20-17(22)18(23)21-19-13-14-6-4-3-5-7-14/h2-11,13H,1,12H2,(H,20,22)(H,21,23)/b19-13-. The first kappa shape index (κ1) is 17.0. The van der Waals surface area contributed by atoms with E-state index in [1.54, 1.807) is 30.3 Å². The molecule has 6 heteroatoms. The molecule has 122 valence electrons. The molecule has 0 saturated carbocycles. The van der Waals surface area contributed by atoms with Crippen LogP contribution < -0.4 is 15.5 Å². The summed E-state index contributed by atoms with van der Waals surface area (Å²) in [6.45, 7) is 3.95. The Bertz CT molecular complexity index is 725. The summed E-state index contributed by atoms with van der Waals surface area (Å²) in [5.74, 6) is -1.01. The molecule has 0 radical (unpaired) electrons. The summed E-state index contributed by atoms with van der Waals surface area (Å²) in [5, 5.41) is 6.21. The van der Waals surface area contributed by atoms with Gasteiger partial charge in [0.15, 0.2) is 0 Å². The number of nitrogens with one attached hydrogen (secondary N) is 2. The van der Waals surface area contributed by atoms with Crippen molar-refractivity contribution < 1.29 is 14.3 Å². The fraction of sp³-hybridized carbons (Fsp3) is 0.0556. The van der Waals surface area contributed by atoms with Gasteiger partial charge in [0.1, 0.15) is 12.4 Å². The third kappa shape index (κ3) is 5.42. The largest absolute Gasteiger partial charge is 0.490 e. The first-order valence-corrected chi connectivity index (χ1v) is 7.22. The van der Waals surface area contributed by atoms with E-state index in [0.29, 0.717) is 18.0 Å². The van der Waals surface area contributed by atoms with Crippen LogP contribution in [0.4, 0.5) is 5.69 Å². The van der Waals surface area contributed by atoms with Crippen molar-refractivity contribution in [3.63, 3.8) is 0 Å². The molecule has 0 aliphatic heterocycles. The molecule has 0 heterocycles. The van der Waals surface area contributed by atoms with Gasteiger partial charge in [-0.25, -0.2) is 5.43 Å². The summed E-state index contributed by atoms with van der Waals surface area (Å²) < 4.78 is 5.33. The zero-order valence-corrected chi connectivity index (χ0v) is 12.9. The van der Waals surface area contributed by atoms with Crippen molar-refractivity contribution in [2.75, 3.05) is 11.9 Å². The van der Waals surface area contributed by atoms with Gasteiger partial charge in [0, 0.05) is 5.69 Å². The third-order valence-corrected chi connectivity index (χ3v) is 2.87. The van der Waals surface area contributed by atoms with Crippen LogP contribution in [0, 0.1) is 0 Å². The van der Waals surface area contributed by atoms with E-state index in [9.17, 15) is 9.59 Å². The lowest BCUT2D eigenvalue weighted by Crippen LogP contribution is -2.32. The monoisotopic (exact) mass is 323 g/mol. The molecule has 0 fully saturated rings. The van der Waals surface area contributed by atoms with Crippen molar-refractivity contribution in [3.8, 4) is 5.75 Å². The summed E-state index contributed by atoms with van der Waals surface area (Å²) in [4.78, 5) is 23.4. The number of carbonyl (C=O) groups excluding carboxylic acids is 2. The molecular weight excluding hydrogens is 306 g/mol. The molecule has 24 heavy (non-hydrogen) atoms. The van der Waals surface area contributed by atoms with Crippen LogP contribution in [0.3, 0.4) is 0 Å². The van der Waals surface area contributed by atoms with Gasteiger partial charge in [-0.15, -0.1) is 0 Å². The Hall–Kier alpha value is -3.41. The lowest BCUT2D eigenvalue weighted by molar-refractivity contribution is -0.136. The predicted octanol–water partition coefficient (Wildman–Crippen LogP) is 2.34. The van der Waals surface area contributed by atoms with Crippen LogP contribution in [0.2, 0.25) is 0 Å². The van der Waals surface area contributed by atoms with Gasteiger partial charge in [-0.2, -0.15) is 5.10 Å². The van der Waals surface area contributed by atoms with E-state index in [-0.39, 0.29) is 0 Å². The van der Waals surface area contributed by atoms with Gasteiger partial charge in [-0.1, -0.05) is 43.0 Å². The predicted molar refractivity (Wildman–Crippen MR) is 92.9 cm³/mol. The Kier molecular flexibility index (Phi) is 6.28. The van der Waals surface area contributed by atoms with Gasteiger partial charge < -0.3 is 10.1 Å². The number of anilines is 1. The fourth-order valence-electron chi connectivity index (χ4n) is 1.73. The van der Waals surface area contributed by atoms with E-state index in [1.165, 1.54) is 6.21 Å². The molecule has 6 nitrogen and oxygen atoms in total. The van der Waals surface area contributed by atoms with Crippen molar-refractivity contribution in [1.82, 2.24) is 5.43 Å². The van der Waals surface area contributed by atoms with E-state index >= 15 is 0 Å². The lowest BCUT2D eigenvalue weighted by atomic mass is 10.2. The molecule has 0 aromatic heterocycles. The highest BCUT2D eigenvalue weighted by molar-refractivity contribution is 6.39. The molecular formula is C18H17N3O3. The number of nitrogens with zero attached hydrogens (tertiary/aromatic N) is 1. The van der Waals surface area contributed by atoms with E-state index in [1.807, 2.05) is 30.3 Å². The number of rotatable bonds is 6. The average Bonchev–Trinajstić information content (AvgIpc) is 2.62. The number of benzene rings is 2. The van der Waals surface area contributed by atoms with Crippen LogP contribution in [-0.2, 0) is 9.59 Å². The summed E-state index contributed by atoms with van der Waals surface area (Å²) in [6.07, 6.45) is 3.09. The zero-order chi connectivity index (χ0) is 17.2. The summed E-state index contributed by atoms with van der Waals surface area (Å²) in [6, 6.07) is 15.9. The van der Waals surface area contributed by atoms with Crippen molar-refractivity contribution in [1.29, 1.82) is 0 Å². The summed E-state index contributed by atoms with van der Waals surface area (Å²) in [5.41, 5.74) is 3.47. The average molecular weight is 323 g/mol. The Morgan fingerprint density at radius 2 is 1.75 bits per heavy atom. The highest BCUT2D eigenvalue weighted by atomic mass is 16.5. The van der Waals surface area contributed by atoms with Gasteiger partial charge in [-0.3, -0.25) is 9.59 Å². The molecule has 2 aromatic carbocycles. The lowest BCUT2D eigenvalue weighted by Gasteiger charge is -2.06. The highest BCUT2D eigenvalue weighted by Gasteiger charge is 2.12. The number of carbonyl (C=O) groups is 2. The van der Waals surface area contributed by atoms with Gasteiger partial charge in [0.25, 0.3) is 0 Å². The second-order valence-corrected chi connectivity index (χ2v) is 4.69. The van der Waals surface area contributed by atoms with Gasteiger partial charge >= 0.3 is 11.8 Å². The smallest absolute Gasteiger partial charge is 0.329 e. The van der Waals surface area contributed by atoms with Crippen molar-refractivity contribution >= 4 is 23.7 Å². The fourth-order valence-corrected chi connectivity index (χ4v) is 1.73. The van der Waals surface area contributed by atoms with E-state index in [2.05, 4.69) is 22.4 Å². The van der Waals surface area contributed by atoms with Crippen molar-refractivity contribution in [3.05, 3.63) is 72.8 Å². The molecule has 0 spiro atoms. The number of hydrogen-bond donors (Lipinski definition) is 2. The Balaban J connectivity index is 1.84. The molecule has 0 bridgehead atoms. The topological polar surface area (TPSA) is 79.8 Å². The van der Waals surface area contributed by atoms with Crippen LogP contribution >= 0.6 is 0 Å². The van der Waals surface area contributed by atoms with Crippen LogP contribution in [0.25, 0.3) is 0 Å². The molecule has 0 unspecified atom stereocenters. The first-order chi connectivity index (χ1) is 11.7. The molecule has 0 aliphatic carbocycles. The number of amides is 2. The Morgan fingerprint density at radius 1 is 1.04 bits per heavy atom. The summed E-state index contributed by atoms with van der Waals surface area (Å²) >= 11 is 0. The zero-order valence-electron chi connectivity index (χ0n) is 12.9. The van der Waals surface area contributed by atoms with E-state index < -0.39 is 11.8 Å². The third-order valence-electron chi connectivity index (χ3n) is 2.87. The normalized spacial score (nSPS) is 10.2. The number of hydrazone groups is 1.